The quantitative estimate of drug-likeness (QED) is 0.937. The maximum Gasteiger partial charge on any atom is 0.112 e. The van der Waals surface area contributed by atoms with Gasteiger partial charge in [-0.15, -0.1) is 12.4 Å². The van der Waals surface area contributed by atoms with Crippen molar-refractivity contribution in [3.05, 3.63) is 30.0 Å². The minimum atomic E-state index is 0. The summed E-state index contributed by atoms with van der Waals surface area (Å²) in [6, 6.07) is 9.06. The Balaban J connectivity index is 0.00000110. The Kier molecular flexibility index (Phi) is 3.48. The third-order valence-electron chi connectivity index (χ3n) is 3.78. The van der Waals surface area contributed by atoms with Gasteiger partial charge < -0.3 is 10.1 Å². The SMILES string of the molecule is Cl.c1ccc2c3n(nc2c1)CCOC3CNC1CC1. The first-order valence-electron chi connectivity index (χ1n) is 6.72. The Morgan fingerprint density at radius 2 is 2.16 bits per heavy atom. The van der Waals surface area contributed by atoms with E-state index in [2.05, 4.69) is 33.3 Å². The summed E-state index contributed by atoms with van der Waals surface area (Å²) in [7, 11) is 0. The molecule has 1 aromatic carbocycles. The summed E-state index contributed by atoms with van der Waals surface area (Å²) in [5.74, 6) is 0. The Labute approximate surface area is 118 Å². The fourth-order valence-electron chi connectivity index (χ4n) is 2.69. The fourth-order valence-corrected chi connectivity index (χ4v) is 2.69. The lowest BCUT2D eigenvalue weighted by molar-refractivity contribution is 0.0182. The van der Waals surface area contributed by atoms with Crippen LogP contribution in [-0.4, -0.2) is 29.0 Å². The van der Waals surface area contributed by atoms with Gasteiger partial charge in [-0.1, -0.05) is 18.2 Å². The molecule has 1 aliphatic carbocycles. The summed E-state index contributed by atoms with van der Waals surface area (Å²) in [5, 5.41) is 9.45. The normalized spacial score (nSPS) is 22.0. The molecular formula is C14H18ClN3O. The molecule has 0 amide bonds. The molecule has 102 valence electrons. The van der Waals surface area contributed by atoms with Crippen LogP contribution in [0.2, 0.25) is 0 Å². The molecule has 1 atom stereocenters. The topological polar surface area (TPSA) is 39.1 Å². The third-order valence-corrected chi connectivity index (χ3v) is 3.78. The number of benzene rings is 1. The maximum atomic E-state index is 5.93. The van der Waals surface area contributed by atoms with Gasteiger partial charge in [-0.05, 0) is 18.9 Å². The first-order valence-corrected chi connectivity index (χ1v) is 6.72. The number of nitrogens with zero attached hydrogens (tertiary/aromatic N) is 2. The molecule has 1 aromatic heterocycles. The molecular weight excluding hydrogens is 262 g/mol. The van der Waals surface area contributed by atoms with E-state index in [4.69, 9.17) is 4.74 Å². The lowest BCUT2D eigenvalue weighted by Crippen LogP contribution is -2.31. The van der Waals surface area contributed by atoms with Gasteiger partial charge in [-0.25, -0.2) is 0 Å². The van der Waals surface area contributed by atoms with Crippen LogP contribution in [0.3, 0.4) is 0 Å². The van der Waals surface area contributed by atoms with Crippen molar-refractivity contribution < 1.29 is 4.74 Å². The molecule has 2 aromatic rings. The van der Waals surface area contributed by atoms with Crippen LogP contribution < -0.4 is 5.32 Å². The molecule has 0 radical (unpaired) electrons. The Morgan fingerprint density at radius 1 is 1.32 bits per heavy atom. The molecule has 1 fully saturated rings. The van der Waals surface area contributed by atoms with Gasteiger partial charge in [-0.3, -0.25) is 4.68 Å². The molecule has 19 heavy (non-hydrogen) atoms. The van der Waals surface area contributed by atoms with E-state index in [1.54, 1.807) is 0 Å². The zero-order valence-corrected chi connectivity index (χ0v) is 11.5. The summed E-state index contributed by atoms with van der Waals surface area (Å²) in [5.41, 5.74) is 2.32. The second-order valence-corrected chi connectivity index (χ2v) is 5.17. The minimum absolute atomic E-state index is 0. The van der Waals surface area contributed by atoms with E-state index in [1.165, 1.54) is 23.9 Å². The van der Waals surface area contributed by atoms with Crippen LogP contribution in [0.5, 0.6) is 0 Å². The fraction of sp³-hybridized carbons (Fsp3) is 0.500. The molecule has 5 heteroatoms. The molecule has 0 saturated heterocycles. The predicted octanol–water partition coefficient (Wildman–Crippen LogP) is 2.28. The van der Waals surface area contributed by atoms with Gasteiger partial charge in [0.2, 0.25) is 0 Å². The molecule has 1 saturated carbocycles. The number of halogens is 1. The standard InChI is InChI=1S/C14H17N3O.ClH/c1-2-4-12-11(3-1)14-13(9-15-10-5-6-10)18-8-7-17(14)16-12;/h1-4,10,13,15H,5-9H2;1H. The monoisotopic (exact) mass is 279 g/mol. The van der Waals surface area contributed by atoms with Gasteiger partial charge in [0.1, 0.15) is 6.10 Å². The van der Waals surface area contributed by atoms with E-state index in [9.17, 15) is 0 Å². The van der Waals surface area contributed by atoms with Crippen molar-refractivity contribution in [1.29, 1.82) is 0 Å². The van der Waals surface area contributed by atoms with Gasteiger partial charge in [0.15, 0.2) is 0 Å². The highest BCUT2D eigenvalue weighted by Crippen LogP contribution is 2.30. The van der Waals surface area contributed by atoms with Crippen molar-refractivity contribution in [2.24, 2.45) is 0 Å². The highest BCUT2D eigenvalue weighted by atomic mass is 35.5. The number of ether oxygens (including phenoxy) is 1. The molecule has 1 N–H and O–H groups in total. The van der Waals surface area contributed by atoms with Gasteiger partial charge in [0.05, 0.1) is 24.4 Å². The molecule has 1 unspecified atom stereocenters. The minimum Gasteiger partial charge on any atom is -0.369 e. The lowest BCUT2D eigenvalue weighted by atomic mass is 10.1. The number of fused-ring (bicyclic) bond motifs is 3. The van der Waals surface area contributed by atoms with Crippen LogP contribution >= 0.6 is 12.4 Å². The summed E-state index contributed by atoms with van der Waals surface area (Å²) in [6.45, 7) is 2.53. The summed E-state index contributed by atoms with van der Waals surface area (Å²) in [4.78, 5) is 0. The van der Waals surface area contributed by atoms with Crippen molar-refractivity contribution in [2.45, 2.75) is 31.5 Å². The first-order chi connectivity index (χ1) is 8.92. The van der Waals surface area contributed by atoms with Crippen LogP contribution in [0.25, 0.3) is 10.9 Å². The van der Waals surface area contributed by atoms with Gasteiger partial charge in [0, 0.05) is 18.0 Å². The molecule has 2 aliphatic rings. The van der Waals surface area contributed by atoms with Crippen LogP contribution in [0.15, 0.2) is 24.3 Å². The third kappa shape index (κ3) is 2.36. The average Bonchev–Trinajstić information content (AvgIpc) is 3.15. The van der Waals surface area contributed by atoms with E-state index in [1.807, 2.05) is 6.07 Å². The van der Waals surface area contributed by atoms with Crippen molar-refractivity contribution in [2.75, 3.05) is 13.2 Å². The first kappa shape index (κ1) is 12.9. The van der Waals surface area contributed by atoms with Crippen molar-refractivity contribution >= 4 is 23.3 Å². The van der Waals surface area contributed by atoms with Crippen LogP contribution in [0, 0.1) is 0 Å². The van der Waals surface area contributed by atoms with Crippen LogP contribution in [0.4, 0.5) is 0 Å². The lowest BCUT2D eigenvalue weighted by Gasteiger charge is -2.25. The number of hydrogen-bond donors (Lipinski definition) is 1. The van der Waals surface area contributed by atoms with Crippen LogP contribution in [0.1, 0.15) is 24.6 Å². The number of hydrogen-bond acceptors (Lipinski definition) is 3. The van der Waals surface area contributed by atoms with E-state index in [0.717, 1.165) is 31.3 Å². The summed E-state index contributed by atoms with van der Waals surface area (Å²) >= 11 is 0. The maximum absolute atomic E-state index is 5.93. The van der Waals surface area contributed by atoms with Gasteiger partial charge in [0.25, 0.3) is 0 Å². The number of rotatable bonds is 3. The number of aromatic nitrogens is 2. The Bertz CT molecular complexity index is 579. The number of nitrogens with one attached hydrogen (secondary N) is 1. The zero-order chi connectivity index (χ0) is 11.9. The summed E-state index contributed by atoms with van der Waals surface area (Å²) in [6.07, 6.45) is 2.77. The second kappa shape index (κ2) is 5.12. The highest BCUT2D eigenvalue weighted by Gasteiger charge is 2.28. The van der Waals surface area contributed by atoms with E-state index >= 15 is 0 Å². The largest absolute Gasteiger partial charge is 0.369 e. The Hall–Kier alpha value is -1.10. The smallest absolute Gasteiger partial charge is 0.112 e. The summed E-state index contributed by atoms with van der Waals surface area (Å²) < 4.78 is 8.04. The van der Waals surface area contributed by atoms with Crippen molar-refractivity contribution in [1.82, 2.24) is 15.1 Å². The molecule has 4 nitrogen and oxygen atoms in total. The van der Waals surface area contributed by atoms with Crippen LogP contribution in [-0.2, 0) is 11.3 Å². The molecule has 0 spiro atoms. The molecule has 1 aliphatic heterocycles. The molecule has 0 bridgehead atoms. The van der Waals surface area contributed by atoms with E-state index in [0.29, 0.717) is 0 Å². The van der Waals surface area contributed by atoms with Crippen molar-refractivity contribution in [3.8, 4) is 0 Å². The highest BCUT2D eigenvalue weighted by molar-refractivity contribution is 5.85. The van der Waals surface area contributed by atoms with E-state index < -0.39 is 0 Å². The van der Waals surface area contributed by atoms with Crippen molar-refractivity contribution in [3.63, 3.8) is 0 Å². The molecule has 4 rings (SSSR count). The second-order valence-electron chi connectivity index (χ2n) is 5.17. The predicted molar refractivity (Wildman–Crippen MR) is 76.7 cm³/mol. The average molecular weight is 280 g/mol. The van der Waals surface area contributed by atoms with Gasteiger partial charge >= 0.3 is 0 Å². The molecule has 2 heterocycles. The van der Waals surface area contributed by atoms with Gasteiger partial charge in [-0.2, -0.15) is 5.10 Å². The van der Waals surface area contributed by atoms with E-state index in [-0.39, 0.29) is 18.5 Å². The Morgan fingerprint density at radius 3 is 3.00 bits per heavy atom. The zero-order valence-electron chi connectivity index (χ0n) is 10.7.